The van der Waals surface area contributed by atoms with E-state index in [0.29, 0.717) is 29.8 Å². The lowest BCUT2D eigenvalue weighted by Crippen LogP contribution is -2.12. The van der Waals surface area contributed by atoms with Crippen molar-refractivity contribution in [1.29, 1.82) is 0 Å². The van der Waals surface area contributed by atoms with Gasteiger partial charge >= 0.3 is 5.97 Å². The van der Waals surface area contributed by atoms with Crippen molar-refractivity contribution in [3.05, 3.63) is 23.8 Å². The number of hydrogen-bond donors (Lipinski definition) is 2. The number of halogens is 2. The summed E-state index contributed by atoms with van der Waals surface area (Å²) >= 11 is 0. The van der Waals surface area contributed by atoms with E-state index in [1.807, 2.05) is 0 Å². The van der Waals surface area contributed by atoms with Gasteiger partial charge in [-0.1, -0.05) is 6.07 Å². The van der Waals surface area contributed by atoms with Gasteiger partial charge in [0.25, 0.3) is 6.43 Å². The van der Waals surface area contributed by atoms with Gasteiger partial charge in [-0.15, -0.1) is 0 Å². The quantitative estimate of drug-likeness (QED) is 0.686. The topological polar surface area (TPSA) is 75.6 Å². The Morgan fingerprint density at radius 1 is 1.27 bits per heavy atom. The third kappa shape index (κ3) is 7.01. The molecule has 0 radical (unpaired) electrons. The van der Waals surface area contributed by atoms with Gasteiger partial charge in [0, 0.05) is 24.6 Å². The summed E-state index contributed by atoms with van der Waals surface area (Å²) in [6.45, 7) is 1.02. The molecular weight excluding hydrogens is 296 g/mol. The zero-order chi connectivity index (χ0) is 16.5. The molecule has 7 heteroatoms. The van der Waals surface area contributed by atoms with Crippen molar-refractivity contribution in [2.75, 3.05) is 11.9 Å². The molecule has 0 bridgehead atoms. The van der Waals surface area contributed by atoms with Crippen LogP contribution in [-0.4, -0.2) is 30.0 Å². The van der Waals surface area contributed by atoms with Crippen molar-refractivity contribution < 1.29 is 28.2 Å². The van der Waals surface area contributed by atoms with Crippen LogP contribution in [0.25, 0.3) is 0 Å². The van der Waals surface area contributed by atoms with Crippen molar-refractivity contribution in [3.8, 4) is 5.75 Å². The Morgan fingerprint density at radius 3 is 2.59 bits per heavy atom. The Kier molecular flexibility index (Phi) is 7.28. The maximum atomic E-state index is 12.2. The zero-order valence-electron chi connectivity index (χ0n) is 12.3. The van der Waals surface area contributed by atoms with E-state index in [4.69, 9.17) is 9.84 Å². The monoisotopic (exact) mass is 315 g/mol. The van der Waals surface area contributed by atoms with Gasteiger partial charge in [0.15, 0.2) is 0 Å². The first-order chi connectivity index (χ1) is 10.4. The maximum absolute atomic E-state index is 12.2. The van der Waals surface area contributed by atoms with Gasteiger partial charge in [0.2, 0.25) is 5.91 Å². The van der Waals surface area contributed by atoms with Crippen molar-refractivity contribution in [1.82, 2.24) is 0 Å². The smallest absolute Gasteiger partial charge is 0.303 e. The van der Waals surface area contributed by atoms with Crippen LogP contribution in [0.1, 0.15) is 31.2 Å². The standard InChI is InChI=1S/C15H19F2NO4/c1-10-6-7-11(8-12(10)22-9-13(16)17)18-14(19)4-2-3-5-15(20)21/h6-8,13H,2-5,9H2,1H3,(H,18,19)(H,20,21). The van der Waals surface area contributed by atoms with Crippen LogP contribution in [0.2, 0.25) is 0 Å². The molecule has 22 heavy (non-hydrogen) atoms. The first kappa shape index (κ1) is 17.9. The number of hydrogen-bond acceptors (Lipinski definition) is 3. The lowest BCUT2D eigenvalue weighted by molar-refractivity contribution is -0.137. The van der Waals surface area contributed by atoms with Crippen LogP contribution in [0.3, 0.4) is 0 Å². The number of ether oxygens (including phenoxy) is 1. The van der Waals surface area contributed by atoms with Crippen LogP contribution >= 0.6 is 0 Å². The predicted molar refractivity (Wildman–Crippen MR) is 77.4 cm³/mol. The second-order valence-electron chi connectivity index (χ2n) is 4.83. The minimum absolute atomic E-state index is 0.0312. The fourth-order valence-electron chi connectivity index (χ4n) is 1.77. The normalized spacial score (nSPS) is 10.5. The summed E-state index contributed by atoms with van der Waals surface area (Å²) in [6.07, 6.45) is -1.43. The molecule has 0 aliphatic carbocycles. The molecule has 0 fully saturated rings. The molecule has 0 aliphatic heterocycles. The number of carbonyl (C=O) groups excluding carboxylic acids is 1. The van der Waals surface area contributed by atoms with E-state index in [0.717, 1.165) is 0 Å². The molecule has 5 nitrogen and oxygen atoms in total. The average molecular weight is 315 g/mol. The van der Waals surface area contributed by atoms with Crippen LogP contribution in [0.4, 0.5) is 14.5 Å². The first-order valence-electron chi connectivity index (χ1n) is 6.91. The molecule has 0 saturated carbocycles. The number of carboxylic acids is 1. The Bertz CT molecular complexity index is 520. The Labute approximate surface area is 127 Å². The number of rotatable bonds is 9. The zero-order valence-corrected chi connectivity index (χ0v) is 12.3. The van der Waals surface area contributed by atoms with E-state index in [9.17, 15) is 18.4 Å². The van der Waals surface area contributed by atoms with Gasteiger partial charge in [-0.05, 0) is 31.4 Å². The summed E-state index contributed by atoms with van der Waals surface area (Å²) in [5, 5.41) is 11.1. The molecule has 0 aromatic heterocycles. The molecule has 1 aromatic rings. The number of carboxylic acid groups (broad SMARTS) is 1. The summed E-state index contributed by atoms with van der Waals surface area (Å²) in [5.74, 6) is -0.849. The number of carbonyl (C=O) groups is 2. The minimum atomic E-state index is -2.56. The third-order valence-corrected chi connectivity index (χ3v) is 2.88. The predicted octanol–water partition coefficient (Wildman–Crippen LogP) is 3.22. The van der Waals surface area contributed by atoms with Gasteiger partial charge in [-0.3, -0.25) is 9.59 Å². The third-order valence-electron chi connectivity index (χ3n) is 2.88. The highest BCUT2D eigenvalue weighted by molar-refractivity contribution is 5.90. The molecule has 1 rings (SSSR count). The molecule has 1 aromatic carbocycles. The van der Waals surface area contributed by atoms with Crippen LogP contribution in [0.15, 0.2) is 18.2 Å². The maximum Gasteiger partial charge on any atom is 0.303 e. The molecule has 0 atom stereocenters. The SMILES string of the molecule is Cc1ccc(NC(=O)CCCCC(=O)O)cc1OCC(F)F. The van der Waals surface area contributed by atoms with Gasteiger partial charge in [-0.2, -0.15) is 0 Å². The average Bonchev–Trinajstić information content (AvgIpc) is 2.44. The van der Waals surface area contributed by atoms with E-state index in [1.54, 1.807) is 19.1 Å². The molecule has 0 spiro atoms. The molecule has 0 saturated heterocycles. The molecule has 0 heterocycles. The fourth-order valence-corrected chi connectivity index (χ4v) is 1.77. The Balaban J connectivity index is 2.49. The van der Waals surface area contributed by atoms with Gasteiger partial charge in [0.1, 0.15) is 12.4 Å². The second kappa shape index (κ2) is 8.96. The lowest BCUT2D eigenvalue weighted by atomic mass is 10.1. The van der Waals surface area contributed by atoms with E-state index >= 15 is 0 Å². The second-order valence-corrected chi connectivity index (χ2v) is 4.83. The molecule has 1 amide bonds. The minimum Gasteiger partial charge on any atom is -0.487 e. The molecule has 0 unspecified atom stereocenters. The highest BCUT2D eigenvalue weighted by Gasteiger charge is 2.09. The molecular formula is C15H19F2NO4. The number of amides is 1. The van der Waals surface area contributed by atoms with Crippen molar-refractivity contribution in [2.45, 2.75) is 39.0 Å². The summed E-state index contributed by atoms with van der Waals surface area (Å²) < 4.78 is 29.3. The Hall–Kier alpha value is -2.18. The number of unbranched alkanes of at least 4 members (excludes halogenated alkanes) is 1. The van der Waals surface area contributed by atoms with Gasteiger partial charge < -0.3 is 15.2 Å². The number of aliphatic carboxylic acids is 1. The van der Waals surface area contributed by atoms with Gasteiger partial charge in [-0.25, -0.2) is 8.78 Å². The highest BCUT2D eigenvalue weighted by Crippen LogP contribution is 2.23. The van der Waals surface area contributed by atoms with Crippen LogP contribution in [0.5, 0.6) is 5.75 Å². The van der Waals surface area contributed by atoms with E-state index < -0.39 is 19.0 Å². The fraction of sp³-hybridized carbons (Fsp3) is 0.467. The lowest BCUT2D eigenvalue weighted by Gasteiger charge is -2.11. The summed E-state index contributed by atoms with van der Waals surface area (Å²) in [6, 6.07) is 4.81. The van der Waals surface area contributed by atoms with Crippen LogP contribution in [-0.2, 0) is 9.59 Å². The Morgan fingerprint density at radius 2 is 1.95 bits per heavy atom. The summed E-state index contributed by atoms with van der Waals surface area (Å²) in [7, 11) is 0. The number of anilines is 1. The van der Waals surface area contributed by atoms with Crippen molar-refractivity contribution in [3.63, 3.8) is 0 Å². The highest BCUT2D eigenvalue weighted by atomic mass is 19.3. The largest absolute Gasteiger partial charge is 0.487 e. The van der Waals surface area contributed by atoms with Crippen molar-refractivity contribution in [2.24, 2.45) is 0 Å². The van der Waals surface area contributed by atoms with E-state index in [-0.39, 0.29) is 18.7 Å². The van der Waals surface area contributed by atoms with Crippen LogP contribution < -0.4 is 10.1 Å². The summed E-state index contributed by atoms with van der Waals surface area (Å²) in [5.41, 5.74) is 1.15. The first-order valence-corrected chi connectivity index (χ1v) is 6.91. The van der Waals surface area contributed by atoms with E-state index in [2.05, 4.69) is 5.32 Å². The number of benzene rings is 1. The molecule has 0 aliphatic rings. The van der Waals surface area contributed by atoms with E-state index in [1.165, 1.54) is 6.07 Å². The number of alkyl halides is 2. The van der Waals surface area contributed by atoms with Gasteiger partial charge in [0.05, 0.1) is 0 Å². The number of nitrogens with one attached hydrogen (secondary N) is 1. The summed E-state index contributed by atoms with van der Waals surface area (Å²) in [4.78, 5) is 22.0. The molecule has 2 N–H and O–H groups in total. The van der Waals surface area contributed by atoms with Crippen LogP contribution in [0, 0.1) is 6.92 Å². The molecule has 122 valence electrons. The number of aryl methyl sites for hydroxylation is 1. The van der Waals surface area contributed by atoms with Crippen molar-refractivity contribution >= 4 is 17.6 Å².